The average Bonchev–Trinajstić information content (AvgIpc) is 2.37. The maximum atomic E-state index is 13.4. The zero-order valence-electron chi connectivity index (χ0n) is 10.8. The van der Waals surface area contributed by atoms with Crippen LogP contribution in [0.4, 0.5) is 14.9 Å². The third kappa shape index (κ3) is 3.67. The minimum Gasteiger partial charge on any atom is -0.478 e. The average molecular weight is 284 g/mol. The van der Waals surface area contributed by atoms with Crippen LogP contribution in [0.15, 0.2) is 18.2 Å². The van der Waals surface area contributed by atoms with Gasteiger partial charge in [0.15, 0.2) is 0 Å². The summed E-state index contributed by atoms with van der Waals surface area (Å²) in [6.07, 6.45) is 0. The van der Waals surface area contributed by atoms with Crippen molar-refractivity contribution in [1.29, 1.82) is 0 Å². The highest BCUT2D eigenvalue weighted by Gasteiger charge is 2.19. The minimum atomic E-state index is -1.51. The molecule has 0 radical (unpaired) electrons. The van der Waals surface area contributed by atoms with Crippen molar-refractivity contribution in [2.45, 2.75) is 0 Å². The number of hydrogen-bond acceptors (Lipinski definition) is 4. The monoisotopic (exact) mass is 284 g/mol. The molecule has 0 aliphatic heterocycles. The summed E-state index contributed by atoms with van der Waals surface area (Å²) in [5.41, 5.74) is -0.841. The number of urea groups is 1. The summed E-state index contributed by atoms with van der Waals surface area (Å²) in [6.45, 7) is -0.319. The minimum absolute atomic E-state index is 0.195. The Morgan fingerprint density at radius 1 is 1.40 bits per heavy atom. The van der Waals surface area contributed by atoms with Gasteiger partial charge in [-0.3, -0.25) is 4.79 Å². The summed E-state index contributed by atoms with van der Waals surface area (Å²) < 4.78 is 17.8. The number of rotatable bonds is 4. The van der Waals surface area contributed by atoms with Gasteiger partial charge in [0, 0.05) is 7.05 Å². The molecule has 20 heavy (non-hydrogen) atoms. The number of esters is 1. The normalized spacial score (nSPS) is 9.75. The maximum absolute atomic E-state index is 13.4. The van der Waals surface area contributed by atoms with E-state index in [1.54, 1.807) is 0 Å². The van der Waals surface area contributed by atoms with E-state index in [1.165, 1.54) is 26.3 Å². The van der Waals surface area contributed by atoms with Gasteiger partial charge in [-0.2, -0.15) is 0 Å². The third-order valence-electron chi connectivity index (χ3n) is 2.41. The lowest BCUT2D eigenvalue weighted by Gasteiger charge is -2.17. The standard InChI is InChI=1S/C12H13FN2O5/c1-15(6-9(16)20-2)12(19)14-8-5-3-4-7(13)10(8)11(17)18/h3-5H,6H2,1-2H3,(H,14,19)(H,17,18). The van der Waals surface area contributed by atoms with Crippen molar-refractivity contribution in [1.82, 2.24) is 4.90 Å². The second-order valence-corrected chi connectivity index (χ2v) is 3.83. The fraction of sp³-hybridized carbons (Fsp3) is 0.250. The first kappa shape index (κ1) is 15.4. The molecule has 108 valence electrons. The molecule has 1 rings (SSSR count). The lowest BCUT2D eigenvalue weighted by Crippen LogP contribution is -2.36. The number of ether oxygens (including phenoxy) is 1. The predicted octanol–water partition coefficient (Wildman–Crippen LogP) is 1.16. The van der Waals surface area contributed by atoms with Gasteiger partial charge < -0.3 is 20.1 Å². The van der Waals surface area contributed by atoms with Gasteiger partial charge >= 0.3 is 18.0 Å². The number of hydrogen-bond donors (Lipinski definition) is 2. The molecule has 8 heteroatoms. The predicted molar refractivity (Wildman–Crippen MR) is 67.0 cm³/mol. The first-order chi connectivity index (χ1) is 9.36. The van der Waals surface area contributed by atoms with Crippen molar-refractivity contribution < 1.29 is 28.6 Å². The Kier molecular flexibility index (Phi) is 5.01. The van der Waals surface area contributed by atoms with Crippen LogP contribution in [0.3, 0.4) is 0 Å². The highest BCUT2D eigenvalue weighted by Crippen LogP contribution is 2.19. The van der Waals surface area contributed by atoms with Crippen LogP contribution in [0.2, 0.25) is 0 Å². The lowest BCUT2D eigenvalue weighted by molar-refractivity contribution is -0.140. The number of likely N-dealkylation sites (N-methyl/N-ethyl adjacent to an activating group) is 1. The molecule has 0 saturated heterocycles. The lowest BCUT2D eigenvalue weighted by atomic mass is 10.1. The van der Waals surface area contributed by atoms with Crippen LogP contribution in [0.25, 0.3) is 0 Å². The topological polar surface area (TPSA) is 95.9 Å². The molecule has 2 amide bonds. The Hall–Kier alpha value is -2.64. The summed E-state index contributed by atoms with van der Waals surface area (Å²) in [5, 5.41) is 11.1. The number of carbonyl (C=O) groups is 3. The van der Waals surface area contributed by atoms with E-state index >= 15 is 0 Å². The summed E-state index contributed by atoms with van der Waals surface area (Å²) in [6, 6.07) is 2.72. The van der Waals surface area contributed by atoms with Gasteiger partial charge in [-0.25, -0.2) is 14.0 Å². The van der Waals surface area contributed by atoms with Gasteiger partial charge in [-0.15, -0.1) is 0 Å². The van der Waals surface area contributed by atoms with E-state index in [0.717, 1.165) is 11.0 Å². The van der Waals surface area contributed by atoms with Crippen LogP contribution in [0.5, 0.6) is 0 Å². The summed E-state index contributed by atoms with van der Waals surface area (Å²) in [5.74, 6) is -3.11. The van der Waals surface area contributed by atoms with E-state index < -0.39 is 29.4 Å². The molecule has 0 bridgehead atoms. The summed E-state index contributed by atoms with van der Waals surface area (Å²) in [7, 11) is 2.48. The SMILES string of the molecule is COC(=O)CN(C)C(=O)Nc1cccc(F)c1C(=O)O. The number of nitrogens with one attached hydrogen (secondary N) is 1. The van der Waals surface area contributed by atoms with Crippen LogP contribution in [-0.4, -0.2) is 48.7 Å². The van der Waals surface area contributed by atoms with Gasteiger partial charge in [0.2, 0.25) is 0 Å². The van der Waals surface area contributed by atoms with Gasteiger partial charge in [0.25, 0.3) is 0 Å². The molecule has 0 aliphatic rings. The van der Waals surface area contributed by atoms with E-state index in [9.17, 15) is 18.8 Å². The molecule has 7 nitrogen and oxygen atoms in total. The number of carboxylic acid groups (broad SMARTS) is 1. The Morgan fingerprint density at radius 2 is 2.05 bits per heavy atom. The fourth-order valence-electron chi connectivity index (χ4n) is 1.39. The van der Waals surface area contributed by atoms with Crippen molar-refractivity contribution in [3.8, 4) is 0 Å². The number of nitrogens with zero attached hydrogens (tertiary/aromatic N) is 1. The first-order valence-electron chi connectivity index (χ1n) is 5.47. The number of amides is 2. The number of carbonyl (C=O) groups excluding carboxylic acids is 2. The van der Waals surface area contributed by atoms with Crippen LogP contribution in [0, 0.1) is 5.82 Å². The number of halogens is 1. The Bertz CT molecular complexity index is 547. The van der Waals surface area contributed by atoms with Crippen molar-refractivity contribution in [3.05, 3.63) is 29.6 Å². The van der Waals surface area contributed by atoms with Crippen molar-refractivity contribution >= 4 is 23.7 Å². The van der Waals surface area contributed by atoms with Gasteiger partial charge in [-0.05, 0) is 12.1 Å². The Balaban J connectivity index is 2.88. The van der Waals surface area contributed by atoms with E-state index in [-0.39, 0.29) is 12.2 Å². The van der Waals surface area contributed by atoms with Crippen LogP contribution in [-0.2, 0) is 9.53 Å². The fourth-order valence-corrected chi connectivity index (χ4v) is 1.39. The molecule has 0 heterocycles. The molecule has 0 aromatic heterocycles. The Morgan fingerprint density at radius 3 is 2.60 bits per heavy atom. The molecule has 0 aliphatic carbocycles. The van der Waals surface area contributed by atoms with E-state index in [4.69, 9.17) is 5.11 Å². The van der Waals surface area contributed by atoms with E-state index in [2.05, 4.69) is 10.1 Å². The third-order valence-corrected chi connectivity index (χ3v) is 2.41. The van der Waals surface area contributed by atoms with Gasteiger partial charge in [-0.1, -0.05) is 6.07 Å². The molecular formula is C12H13FN2O5. The second-order valence-electron chi connectivity index (χ2n) is 3.83. The van der Waals surface area contributed by atoms with E-state index in [0.29, 0.717) is 0 Å². The quantitative estimate of drug-likeness (QED) is 0.809. The number of aromatic carboxylic acids is 1. The zero-order chi connectivity index (χ0) is 15.3. The smallest absolute Gasteiger partial charge is 0.340 e. The zero-order valence-corrected chi connectivity index (χ0v) is 10.8. The number of benzene rings is 1. The molecule has 1 aromatic carbocycles. The van der Waals surface area contributed by atoms with Crippen LogP contribution >= 0.6 is 0 Å². The molecule has 0 saturated carbocycles. The molecule has 0 atom stereocenters. The highest BCUT2D eigenvalue weighted by atomic mass is 19.1. The molecular weight excluding hydrogens is 271 g/mol. The van der Waals surface area contributed by atoms with Crippen molar-refractivity contribution in [2.75, 3.05) is 26.0 Å². The van der Waals surface area contributed by atoms with Crippen LogP contribution in [0.1, 0.15) is 10.4 Å². The summed E-state index contributed by atoms with van der Waals surface area (Å²) >= 11 is 0. The van der Waals surface area contributed by atoms with Gasteiger partial charge in [0.1, 0.15) is 17.9 Å². The molecule has 0 spiro atoms. The highest BCUT2D eigenvalue weighted by molar-refractivity contribution is 6.00. The van der Waals surface area contributed by atoms with E-state index in [1.807, 2.05) is 0 Å². The molecule has 2 N–H and O–H groups in total. The second kappa shape index (κ2) is 6.50. The maximum Gasteiger partial charge on any atom is 0.340 e. The first-order valence-corrected chi connectivity index (χ1v) is 5.47. The van der Waals surface area contributed by atoms with Crippen molar-refractivity contribution in [2.24, 2.45) is 0 Å². The van der Waals surface area contributed by atoms with Gasteiger partial charge in [0.05, 0.1) is 12.8 Å². The molecule has 0 fully saturated rings. The number of methoxy groups -OCH3 is 1. The molecule has 1 aromatic rings. The largest absolute Gasteiger partial charge is 0.478 e. The van der Waals surface area contributed by atoms with Crippen molar-refractivity contribution in [3.63, 3.8) is 0 Å². The number of anilines is 1. The molecule has 0 unspecified atom stereocenters. The Labute approximate surface area is 113 Å². The summed E-state index contributed by atoms with van der Waals surface area (Å²) in [4.78, 5) is 34.7. The van der Waals surface area contributed by atoms with Crippen LogP contribution < -0.4 is 5.32 Å². The number of carboxylic acids is 1.